The molecule has 2 rings (SSSR count). The molecule has 2 atom stereocenters. The predicted molar refractivity (Wildman–Crippen MR) is 89.4 cm³/mol. The molecule has 1 saturated heterocycles. The number of para-hydroxylation sites is 1. The van der Waals surface area contributed by atoms with Gasteiger partial charge in [0.1, 0.15) is 6.04 Å². The Morgan fingerprint density at radius 3 is 2.71 bits per heavy atom. The summed E-state index contributed by atoms with van der Waals surface area (Å²) in [4.78, 5) is 13.8. The molecule has 7 heteroatoms. The van der Waals surface area contributed by atoms with Crippen LogP contribution in [-0.4, -0.2) is 49.7 Å². The Bertz CT molecular complexity index is 420. The van der Waals surface area contributed by atoms with Crippen molar-refractivity contribution in [2.75, 3.05) is 32.1 Å². The molecule has 3 N–H and O–H groups in total. The summed E-state index contributed by atoms with van der Waals surface area (Å²) in [6.45, 7) is 1.72. The number of benzene rings is 1. The van der Waals surface area contributed by atoms with E-state index in [1.54, 1.807) is 7.11 Å². The Morgan fingerprint density at radius 1 is 1.43 bits per heavy atom. The summed E-state index contributed by atoms with van der Waals surface area (Å²) >= 11 is 0. The van der Waals surface area contributed by atoms with Crippen LogP contribution >= 0.6 is 24.8 Å². The first kappa shape index (κ1) is 20.0. The third kappa shape index (κ3) is 5.71. The maximum absolute atomic E-state index is 12.0. The van der Waals surface area contributed by atoms with Crippen LogP contribution in [-0.2, 0) is 9.53 Å². The molecular formula is C14H23Cl2N3O2. The van der Waals surface area contributed by atoms with E-state index in [-0.39, 0.29) is 37.3 Å². The molecule has 1 aliphatic rings. The number of anilines is 1. The maximum atomic E-state index is 12.0. The number of amides is 1. The maximum Gasteiger partial charge on any atom is 0.241 e. The van der Waals surface area contributed by atoms with E-state index in [2.05, 4.69) is 5.32 Å². The highest BCUT2D eigenvalue weighted by Gasteiger charge is 2.29. The second-order valence-corrected chi connectivity index (χ2v) is 4.84. The smallest absolute Gasteiger partial charge is 0.241 e. The molecule has 1 aliphatic heterocycles. The first-order valence-corrected chi connectivity index (χ1v) is 6.55. The fraction of sp³-hybridized carbons (Fsp3) is 0.500. The largest absolute Gasteiger partial charge is 0.383 e. The Hall–Kier alpha value is -1.01. The minimum Gasteiger partial charge on any atom is -0.383 e. The summed E-state index contributed by atoms with van der Waals surface area (Å²) in [7, 11) is 1.55. The van der Waals surface area contributed by atoms with Gasteiger partial charge in [-0.25, -0.2) is 0 Å². The quantitative estimate of drug-likeness (QED) is 0.856. The number of hydrogen-bond acceptors (Lipinski definition) is 4. The lowest BCUT2D eigenvalue weighted by molar-refractivity contribution is -0.132. The molecule has 1 heterocycles. The van der Waals surface area contributed by atoms with Crippen molar-refractivity contribution in [3.05, 3.63) is 30.3 Å². The van der Waals surface area contributed by atoms with Gasteiger partial charge < -0.3 is 20.7 Å². The van der Waals surface area contributed by atoms with Gasteiger partial charge in [0.15, 0.2) is 0 Å². The number of rotatable bonds is 5. The average molecular weight is 336 g/mol. The van der Waals surface area contributed by atoms with Gasteiger partial charge in [-0.3, -0.25) is 4.79 Å². The Labute approximate surface area is 138 Å². The van der Waals surface area contributed by atoms with Crippen LogP contribution in [0.25, 0.3) is 0 Å². The molecule has 1 aromatic carbocycles. The molecule has 21 heavy (non-hydrogen) atoms. The van der Waals surface area contributed by atoms with E-state index < -0.39 is 6.04 Å². The van der Waals surface area contributed by atoms with Gasteiger partial charge in [0, 0.05) is 31.9 Å². The zero-order valence-electron chi connectivity index (χ0n) is 12.0. The van der Waals surface area contributed by atoms with Crippen LogP contribution in [0.2, 0.25) is 0 Å². The molecule has 0 bridgehead atoms. The van der Waals surface area contributed by atoms with Gasteiger partial charge in [-0.1, -0.05) is 18.2 Å². The lowest BCUT2D eigenvalue weighted by Gasteiger charge is -2.21. The highest BCUT2D eigenvalue weighted by molar-refractivity contribution is 5.85. The van der Waals surface area contributed by atoms with E-state index in [4.69, 9.17) is 10.5 Å². The lowest BCUT2D eigenvalue weighted by atomic mass is 10.2. The van der Waals surface area contributed by atoms with Crippen LogP contribution in [0.1, 0.15) is 6.42 Å². The molecule has 0 radical (unpaired) electrons. The molecule has 0 saturated carbocycles. The van der Waals surface area contributed by atoms with Crippen LogP contribution in [0.15, 0.2) is 30.3 Å². The Morgan fingerprint density at radius 2 is 2.10 bits per heavy atom. The fourth-order valence-electron chi connectivity index (χ4n) is 2.33. The minimum absolute atomic E-state index is 0. The van der Waals surface area contributed by atoms with E-state index in [1.165, 1.54) is 0 Å². The van der Waals surface area contributed by atoms with Crippen molar-refractivity contribution in [1.29, 1.82) is 0 Å². The number of halogens is 2. The van der Waals surface area contributed by atoms with Crippen molar-refractivity contribution in [3.8, 4) is 0 Å². The van der Waals surface area contributed by atoms with Gasteiger partial charge >= 0.3 is 0 Å². The van der Waals surface area contributed by atoms with Crippen LogP contribution in [0.3, 0.4) is 0 Å². The minimum atomic E-state index is -0.555. The summed E-state index contributed by atoms with van der Waals surface area (Å²) in [5.74, 6) is -0.0285. The zero-order chi connectivity index (χ0) is 13.7. The first-order chi connectivity index (χ1) is 9.20. The van der Waals surface area contributed by atoms with Crippen molar-refractivity contribution in [3.63, 3.8) is 0 Å². The predicted octanol–water partition coefficient (Wildman–Crippen LogP) is 1.52. The molecule has 5 nitrogen and oxygen atoms in total. The van der Waals surface area contributed by atoms with E-state index in [9.17, 15) is 4.79 Å². The zero-order valence-corrected chi connectivity index (χ0v) is 13.7. The molecule has 0 aliphatic carbocycles. The lowest BCUT2D eigenvalue weighted by Crippen LogP contribution is -2.45. The SMILES string of the molecule is COCC(N)C(=O)N1CCC(Nc2ccccc2)C1.Cl.Cl. The van der Waals surface area contributed by atoms with E-state index in [0.717, 1.165) is 18.7 Å². The van der Waals surface area contributed by atoms with E-state index in [1.807, 2.05) is 35.2 Å². The average Bonchev–Trinajstić information content (AvgIpc) is 2.88. The number of hydrogen-bond donors (Lipinski definition) is 2. The molecule has 2 unspecified atom stereocenters. The third-order valence-corrected chi connectivity index (χ3v) is 3.31. The molecular weight excluding hydrogens is 313 g/mol. The third-order valence-electron chi connectivity index (χ3n) is 3.31. The van der Waals surface area contributed by atoms with E-state index in [0.29, 0.717) is 12.6 Å². The van der Waals surface area contributed by atoms with Crippen LogP contribution in [0.4, 0.5) is 5.69 Å². The number of carbonyl (C=O) groups excluding carboxylic acids is 1. The molecule has 1 fully saturated rings. The van der Waals surface area contributed by atoms with Crippen molar-refractivity contribution in [2.45, 2.75) is 18.5 Å². The summed E-state index contributed by atoms with van der Waals surface area (Å²) in [5, 5.41) is 3.43. The van der Waals surface area contributed by atoms with Gasteiger partial charge in [0.2, 0.25) is 5.91 Å². The van der Waals surface area contributed by atoms with Gasteiger partial charge in [-0.2, -0.15) is 0 Å². The number of likely N-dealkylation sites (tertiary alicyclic amines) is 1. The molecule has 1 aromatic rings. The van der Waals surface area contributed by atoms with Gasteiger partial charge in [-0.05, 0) is 18.6 Å². The number of nitrogens with one attached hydrogen (secondary N) is 1. The molecule has 0 aromatic heterocycles. The van der Waals surface area contributed by atoms with Crippen molar-refractivity contribution >= 4 is 36.4 Å². The summed E-state index contributed by atoms with van der Waals surface area (Å²) < 4.78 is 4.92. The van der Waals surface area contributed by atoms with Crippen LogP contribution in [0, 0.1) is 0 Å². The summed E-state index contributed by atoms with van der Waals surface area (Å²) in [6, 6.07) is 9.77. The highest BCUT2D eigenvalue weighted by Crippen LogP contribution is 2.16. The second-order valence-electron chi connectivity index (χ2n) is 4.84. The standard InChI is InChI=1S/C14H21N3O2.2ClH/c1-19-10-13(15)14(18)17-8-7-12(9-17)16-11-5-3-2-4-6-11;;/h2-6,12-13,16H,7-10,15H2,1H3;2*1H. The normalized spacial score (nSPS) is 18.4. The Kier molecular flexibility index (Phi) is 9.37. The monoisotopic (exact) mass is 335 g/mol. The number of methoxy groups -OCH3 is 1. The van der Waals surface area contributed by atoms with Gasteiger partial charge in [0.25, 0.3) is 0 Å². The number of nitrogens with two attached hydrogens (primary N) is 1. The second kappa shape index (κ2) is 9.84. The van der Waals surface area contributed by atoms with Crippen LogP contribution in [0.5, 0.6) is 0 Å². The molecule has 1 amide bonds. The first-order valence-electron chi connectivity index (χ1n) is 6.55. The van der Waals surface area contributed by atoms with Crippen molar-refractivity contribution in [2.24, 2.45) is 5.73 Å². The fourth-order valence-corrected chi connectivity index (χ4v) is 2.33. The topological polar surface area (TPSA) is 67.6 Å². The molecule has 0 spiro atoms. The number of carbonyl (C=O) groups is 1. The highest BCUT2D eigenvalue weighted by atomic mass is 35.5. The van der Waals surface area contributed by atoms with Crippen molar-refractivity contribution < 1.29 is 9.53 Å². The van der Waals surface area contributed by atoms with Crippen LogP contribution < -0.4 is 11.1 Å². The van der Waals surface area contributed by atoms with Gasteiger partial charge in [0.05, 0.1) is 6.61 Å². The van der Waals surface area contributed by atoms with Gasteiger partial charge in [-0.15, -0.1) is 24.8 Å². The van der Waals surface area contributed by atoms with E-state index >= 15 is 0 Å². The van der Waals surface area contributed by atoms with Crippen molar-refractivity contribution in [1.82, 2.24) is 4.90 Å². The number of nitrogens with zero attached hydrogens (tertiary/aromatic N) is 1. The summed E-state index contributed by atoms with van der Waals surface area (Å²) in [6.07, 6.45) is 0.945. The molecule has 120 valence electrons. The number of ether oxygens (including phenoxy) is 1. The Balaban J connectivity index is 0.00000200. The summed E-state index contributed by atoms with van der Waals surface area (Å²) in [5.41, 5.74) is 6.86.